The Balaban J connectivity index is 0.00000200. The fourth-order valence-corrected chi connectivity index (χ4v) is 1.95. The summed E-state index contributed by atoms with van der Waals surface area (Å²) in [6.07, 6.45) is 0.0946. The van der Waals surface area contributed by atoms with Crippen molar-refractivity contribution >= 4 is 18.4 Å². The highest BCUT2D eigenvalue weighted by molar-refractivity contribution is 5.85. The molecule has 0 fully saturated rings. The van der Waals surface area contributed by atoms with Crippen LogP contribution in [0.25, 0.3) is 11.1 Å². The number of halogens is 2. The van der Waals surface area contributed by atoms with Gasteiger partial charge in [-0.2, -0.15) is 0 Å². The first-order chi connectivity index (χ1) is 9.08. The fourth-order valence-electron chi connectivity index (χ4n) is 1.95. The van der Waals surface area contributed by atoms with E-state index in [0.29, 0.717) is 5.56 Å². The first-order valence-electron chi connectivity index (χ1n) is 5.90. The lowest BCUT2D eigenvalue weighted by atomic mass is 9.95. The summed E-state index contributed by atoms with van der Waals surface area (Å²) in [7, 11) is 0. The number of carbonyl (C=O) groups is 1. The molecule has 1 atom stereocenters. The van der Waals surface area contributed by atoms with E-state index in [1.165, 1.54) is 12.1 Å². The lowest BCUT2D eigenvalue weighted by Gasteiger charge is -2.12. The van der Waals surface area contributed by atoms with E-state index in [1.54, 1.807) is 6.07 Å². The molecule has 20 heavy (non-hydrogen) atoms. The van der Waals surface area contributed by atoms with Crippen LogP contribution in [-0.2, 0) is 11.2 Å². The van der Waals surface area contributed by atoms with Gasteiger partial charge in [-0.15, -0.1) is 12.4 Å². The smallest absolute Gasteiger partial charge is 0.320 e. The number of rotatable bonds is 4. The Bertz CT molecular complexity index is 590. The van der Waals surface area contributed by atoms with Gasteiger partial charge in [-0.3, -0.25) is 4.79 Å². The minimum atomic E-state index is -1.09. The van der Waals surface area contributed by atoms with Crippen LogP contribution in [0.1, 0.15) is 5.56 Å². The van der Waals surface area contributed by atoms with Crippen LogP contribution in [0.3, 0.4) is 0 Å². The highest BCUT2D eigenvalue weighted by Gasteiger charge is 2.15. The molecule has 0 aromatic heterocycles. The maximum Gasteiger partial charge on any atom is 0.320 e. The summed E-state index contributed by atoms with van der Waals surface area (Å²) in [5.41, 5.74) is 7.84. The number of aliphatic carboxylic acids is 1. The monoisotopic (exact) mass is 295 g/mol. The number of hydrogen-bond acceptors (Lipinski definition) is 2. The predicted octanol–water partition coefficient (Wildman–Crippen LogP) is 2.87. The normalized spacial score (nSPS) is 11.5. The number of nitrogens with two attached hydrogens (primary N) is 1. The second-order valence-corrected chi connectivity index (χ2v) is 4.32. The van der Waals surface area contributed by atoms with Crippen molar-refractivity contribution in [2.24, 2.45) is 5.73 Å². The van der Waals surface area contributed by atoms with Gasteiger partial charge in [0, 0.05) is 0 Å². The Morgan fingerprint density at radius 1 is 1.20 bits per heavy atom. The topological polar surface area (TPSA) is 63.3 Å². The van der Waals surface area contributed by atoms with Crippen LogP contribution in [0.5, 0.6) is 0 Å². The van der Waals surface area contributed by atoms with Gasteiger partial charge < -0.3 is 10.8 Å². The van der Waals surface area contributed by atoms with Gasteiger partial charge in [0.2, 0.25) is 0 Å². The van der Waals surface area contributed by atoms with Gasteiger partial charge in [0.1, 0.15) is 11.9 Å². The Kier molecular flexibility index (Phi) is 5.67. The average Bonchev–Trinajstić information content (AvgIpc) is 2.39. The molecule has 2 aromatic rings. The summed E-state index contributed by atoms with van der Waals surface area (Å²) < 4.78 is 13.3. The first-order valence-corrected chi connectivity index (χ1v) is 5.90. The van der Waals surface area contributed by atoms with Crippen molar-refractivity contribution in [3.63, 3.8) is 0 Å². The molecule has 0 bridgehead atoms. The number of carboxylic acid groups (broad SMARTS) is 1. The Hall–Kier alpha value is -1.91. The van der Waals surface area contributed by atoms with Crippen molar-refractivity contribution in [3.8, 4) is 11.1 Å². The van der Waals surface area contributed by atoms with E-state index in [0.717, 1.165) is 11.1 Å². The molecule has 0 aliphatic heterocycles. The van der Waals surface area contributed by atoms with Crippen molar-refractivity contribution in [2.75, 3.05) is 0 Å². The van der Waals surface area contributed by atoms with Crippen LogP contribution in [0, 0.1) is 5.82 Å². The molecule has 0 heterocycles. The lowest BCUT2D eigenvalue weighted by molar-refractivity contribution is -0.138. The summed E-state index contributed by atoms with van der Waals surface area (Å²) in [5, 5.41) is 8.86. The lowest BCUT2D eigenvalue weighted by Crippen LogP contribution is -2.32. The van der Waals surface area contributed by atoms with E-state index in [-0.39, 0.29) is 18.8 Å². The van der Waals surface area contributed by atoms with E-state index in [1.807, 2.05) is 30.3 Å². The standard InChI is InChI=1S/C15H14FNO2.ClH/c16-12-6-7-13(10-4-2-1-3-5-10)11(8-12)9-14(17)15(18)19;/h1-8,14H,9,17H2,(H,18,19);1H/t14-;/m0./s1. The van der Waals surface area contributed by atoms with E-state index < -0.39 is 17.8 Å². The Morgan fingerprint density at radius 3 is 2.45 bits per heavy atom. The van der Waals surface area contributed by atoms with Crippen molar-refractivity contribution in [2.45, 2.75) is 12.5 Å². The number of hydrogen-bond donors (Lipinski definition) is 2. The van der Waals surface area contributed by atoms with Crippen LogP contribution in [0.2, 0.25) is 0 Å². The fraction of sp³-hybridized carbons (Fsp3) is 0.133. The molecule has 0 aliphatic rings. The zero-order valence-electron chi connectivity index (χ0n) is 10.6. The van der Waals surface area contributed by atoms with E-state index in [9.17, 15) is 9.18 Å². The van der Waals surface area contributed by atoms with Crippen LogP contribution in [-0.4, -0.2) is 17.1 Å². The van der Waals surface area contributed by atoms with Gasteiger partial charge in [0.15, 0.2) is 0 Å². The largest absolute Gasteiger partial charge is 0.480 e. The third-order valence-corrected chi connectivity index (χ3v) is 2.91. The number of benzene rings is 2. The molecule has 2 aromatic carbocycles. The summed E-state index contributed by atoms with van der Waals surface area (Å²) in [6.45, 7) is 0. The van der Waals surface area contributed by atoms with Gasteiger partial charge in [-0.25, -0.2) is 4.39 Å². The zero-order chi connectivity index (χ0) is 13.8. The van der Waals surface area contributed by atoms with E-state index in [4.69, 9.17) is 10.8 Å². The summed E-state index contributed by atoms with van der Waals surface area (Å²) in [6, 6.07) is 12.7. The minimum Gasteiger partial charge on any atom is -0.480 e. The highest BCUT2D eigenvalue weighted by Crippen LogP contribution is 2.25. The quantitative estimate of drug-likeness (QED) is 0.911. The molecule has 0 saturated heterocycles. The molecule has 3 N–H and O–H groups in total. The molecular formula is C15H15ClFNO2. The molecular weight excluding hydrogens is 281 g/mol. The van der Waals surface area contributed by atoms with E-state index in [2.05, 4.69) is 0 Å². The molecule has 0 saturated carbocycles. The van der Waals surface area contributed by atoms with Crippen molar-refractivity contribution < 1.29 is 14.3 Å². The Labute approximate surface area is 122 Å². The zero-order valence-corrected chi connectivity index (χ0v) is 11.4. The van der Waals surface area contributed by atoms with Crippen LogP contribution in [0.15, 0.2) is 48.5 Å². The third-order valence-electron chi connectivity index (χ3n) is 2.91. The van der Waals surface area contributed by atoms with Gasteiger partial charge in [0.25, 0.3) is 0 Å². The van der Waals surface area contributed by atoms with Crippen molar-refractivity contribution in [1.82, 2.24) is 0 Å². The molecule has 106 valence electrons. The predicted molar refractivity (Wildman–Crippen MR) is 78.4 cm³/mol. The third kappa shape index (κ3) is 3.79. The maximum atomic E-state index is 13.3. The molecule has 0 spiro atoms. The van der Waals surface area contributed by atoms with Crippen molar-refractivity contribution in [1.29, 1.82) is 0 Å². The number of carboxylic acids is 1. The maximum absolute atomic E-state index is 13.3. The summed E-state index contributed by atoms with van der Waals surface area (Å²) in [4.78, 5) is 10.8. The first kappa shape index (κ1) is 16.1. The molecule has 5 heteroatoms. The molecule has 0 radical (unpaired) electrons. The minimum absolute atomic E-state index is 0. The SMILES string of the molecule is Cl.N[C@@H](Cc1cc(F)ccc1-c1ccccc1)C(=O)O. The van der Waals surface area contributed by atoms with Crippen LogP contribution < -0.4 is 5.73 Å². The molecule has 0 amide bonds. The van der Waals surface area contributed by atoms with Crippen LogP contribution in [0.4, 0.5) is 4.39 Å². The second-order valence-electron chi connectivity index (χ2n) is 4.32. The van der Waals surface area contributed by atoms with Crippen LogP contribution >= 0.6 is 12.4 Å². The summed E-state index contributed by atoms with van der Waals surface area (Å²) in [5.74, 6) is -1.49. The van der Waals surface area contributed by atoms with Gasteiger partial charge >= 0.3 is 5.97 Å². The van der Waals surface area contributed by atoms with Gasteiger partial charge in [-0.05, 0) is 35.2 Å². The average molecular weight is 296 g/mol. The van der Waals surface area contributed by atoms with Gasteiger partial charge in [-0.1, -0.05) is 36.4 Å². The molecule has 0 aliphatic carbocycles. The highest BCUT2D eigenvalue weighted by atomic mass is 35.5. The summed E-state index contributed by atoms with van der Waals surface area (Å²) >= 11 is 0. The molecule has 3 nitrogen and oxygen atoms in total. The van der Waals surface area contributed by atoms with E-state index >= 15 is 0 Å². The van der Waals surface area contributed by atoms with Crippen molar-refractivity contribution in [3.05, 3.63) is 59.9 Å². The van der Waals surface area contributed by atoms with Gasteiger partial charge in [0.05, 0.1) is 0 Å². The second kappa shape index (κ2) is 7.03. The molecule has 0 unspecified atom stereocenters. The molecule has 2 rings (SSSR count). The Morgan fingerprint density at radius 2 is 1.85 bits per heavy atom.